The normalized spacial score (nSPS) is 13.4. The zero-order chi connectivity index (χ0) is 30.7. The van der Waals surface area contributed by atoms with Crippen LogP contribution in [0, 0.1) is 5.92 Å². The Bertz CT molecular complexity index is 1160. The van der Waals surface area contributed by atoms with Gasteiger partial charge in [-0.3, -0.25) is 9.59 Å². The summed E-state index contributed by atoms with van der Waals surface area (Å²) in [6, 6.07) is 17.1. The zero-order valence-corrected chi connectivity index (χ0v) is 24.0. The van der Waals surface area contributed by atoms with Gasteiger partial charge in [-0.25, -0.2) is 9.59 Å². The van der Waals surface area contributed by atoms with Crippen molar-refractivity contribution in [3.8, 4) is 0 Å². The first-order chi connectivity index (χ1) is 20.2. The summed E-state index contributed by atoms with van der Waals surface area (Å²) in [5, 5.41) is 17.7. The lowest BCUT2D eigenvalue weighted by molar-refractivity contribution is -0.151. The second-order valence-electron chi connectivity index (χ2n) is 9.84. The van der Waals surface area contributed by atoms with E-state index in [1.165, 1.54) is 6.08 Å². The van der Waals surface area contributed by atoms with Gasteiger partial charge in [0.25, 0.3) is 0 Å². The predicted molar refractivity (Wildman–Crippen MR) is 159 cm³/mol. The average Bonchev–Trinajstić information content (AvgIpc) is 2.99. The molecule has 0 aromatic heterocycles. The molecule has 0 aliphatic carbocycles. The van der Waals surface area contributed by atoms with Crippen LogP contribution in [-0.2, 0) is 36.9 Å². The zero-order valence-electron chi connectivity index (χ0n) is 24.0. The molecule has 4 N–H and O–H groups in total. The van der Waals surface area contributed by atoms with Crippen LogP contribution in [0.5, 0.6) is 0 Å². The molecule has 2 aromatic carbocycles. The molecule has 4 atom stereocenters. The Hall–Kier alpha value is -4.44. The van der Waals surface area contributed by atoms with Crippen molar-refractivity contribution in [1.82, 2.24) is 16.0 Å². The van der Waals surface area contributed by atoms with E-state index in [1.54, 1.807) is 13.0 Å². The van der Waals surface area contributed by atoms with Gasteiger partial charge in [-0.2, -0.15) is 0 Å². The number of alkyl carbamates (subject to hydrolysis) is 1. The van der Waals surface area contributed by atoms with Crippen molar-refractivity contribution >= 4 is 23.9 Å². The van der Waals surface area contributed by atoms with Crippen molar-refractivity contribution in [3.63, 3.8) is 0 Å². The maximum Gasteiger partial charge on any atom is 0.408 e. The van der Waals surface area contributed by atoms with Crippen molar-refractivity contribution in [2.75, 3.05) is 13.2 Å². The number of hydrogen-bond donors (Lipinski definition) is 4. The predicted octanol–water partition coefficient (Wildman–Crippen LogP) is 3.21. The SMILES string of the molecule is C=CC[C@H](CC(=O)N[C@@H](CO)Cc1ccccc1)C(=O)NC[C@H](C)OC(=O)[C@@H](CC=C)NC(=O)OCc1ccccc1. The van der Waals surface area contributed by atoms with E-state index in [1.807, 2.05) is 60.7 Å². The molecule has 0 bridgehead atoms. The van der Waals surface area contributed by atoms with Crippen LogP contribution < -0.4 is 16.0 Å². The van der Waals surface area contributed by atoms with Crippen LogP contribution in [0.1, 0.15) is 37.3 Å². The van der Waals surface area contributed by atoms with E-state index >= 15 is 0 Å². The molecule has 0 spiro atoms. The molecule has 226 valence electrons. The van der Waals surface area contributed by atoms with E-state index in [2.05, 4.69) is 29.1 Å². The highest BCUT2D eigenvalue weighted by atomic mass is 16.6. The van der Waals surface area contributed by atoms with Crippen LogP contribution in [0.2, 0.25) is 0 Å². The molecule has 10 nitrogen and oxygen atoms in total. The van der Waals surface area contributed by atoms with Crippen LogP contribution >= 0.6 is 0 Å². The summed E-state index contributed by atoms with van der Waals surface area (Å²) in [7, 11) is 0. The molecular weight excluding hydrogens is 538 g/mol. The molecule has 3 amide bonds. The molecule has 0 saturated heterocycles. The highest BCUT2D eigenvalue weighted by Gasteiger charge is 2.26. The number of carbonyl (C=O) groups excluding carboxylic acids is 4. The summed E-state index contributed by atoms with van der Waals surface area (Å²) >= 11 is 0. The summed E-state index contributed by atoms with van der Waals surface area (Å²) in [5.74, 6) is -2.18. The van der Waals surface area contributed by atoms with Crippen LogP contribution in [0.4, 0.5) is 4.79 Å². The number of hydrogen-bond acceptors (Lipinski definition) is 7. The topological polar surface area (TPSA) is 143 Å². The molecular formula is C32H41N3O7. The lowest BCUT2D eigenvalue weighted by Gasteiger charge is -2.22. The first kappa shape index (κ1) is 33.8. The van der Waals surface area contributed by atoms with E-state index in [0.717, 1.165) is 11.1 Å². The minimum absolute atomic E-state index is 0.00757. The van der Waals surface area contributed by atoms with Crippen molar-refractivity contribution in [3.05, 3.63) is 97.1 Å². The molecule has 0 saturated carbocycles. The van der Waals surface area contributed by atoms with Gasteiger partial charge in [0.05, 0.1) is 25.1 Å². The third-order valence-electron chi connectivity index (χ3n) is 6.24. The number of benzene rings is 2. The minimum atomic E-state index is -1.02. The third kappa shape index (κ3) is 12.8. The lowest BCUT2D eigenvalue weighted by Crippen LogP contribution is -2.45. The number of allylic oxidation sites excluding steroid dienone is 1. The minimum Gasteiger partial charge on any atom is -0.459 e. The highest BCUT2D eigenvalue weighted by molar-refractivity contribution is 5.86. The molecule has 0 unspecified atom stereocenters. The molecule has 0 heterocycles. The summed E-state index contributed by atoms with van der Waals surface area (Å²) in [5.41, 5.74) is 1.77. The molecule has 10 heteroatoms. The van der Waals surface area contributed by atoms with Gasteiger partial charge in [-0.05, 0) is 37.3 Å². The molecule has 0 fully saturated rings. The average molecular weight is 580 g/mol. The standard InChI is InChI=1S/C32H41N3O7/c1-4-12-26(19-29(37)34-27(21-36)18-24-14-8-6-9-15-24)30(38)33-20-23(3)42-31(39)28(13-5-2)35-32(40)41-22-25-16-10-7-11-17-25/h4-11,14-17,23,26-28,36H,1-2,12-13,18-22H2,3H3,(H,33,38)(H,34,37)(H,35,40)/t23-,26+,27+,28+/m0/s1. The van der Waals surface area contributed by atoms with Gasteiger partial charge < -0.3 is 30.5 Å². The van der Waals surface area contributed by atoms with Gasteiger partial charge in [0.1, 0.15) is 18.8 Å². The highest BCUT2D eigenvalue weighted by Crippen LogP contribution is 2.12. The van der Waals surface area contributed by atoms with E-state index < -0.39 is 42.1 Å². The van der Waals surface area contributed by atoms with E-state index in [9.17, 15) is 24.3 Å². The van der Waals surface area contributed by atoms with Gasteiger partial charge in [-0.1, -0.05) is 72.8 Å². The second kappa shape index (κ2) is 18.8. The number of aliphatic hydroxyl groups excluding tert-OH is 1. The second-order valence-corrected chi connectivity index (χ2v) is 9.84. The van der Waals surface area contributed by atoms with Crippen LogP contribution in [0.25, 0.3) is 0 Å². The Balaban J connectivity index is 1.82. The largest absolute Gasteiger partial charge is 0.459 e. The molecule has 42 heavy (non-hydrogen) atoms. The Morgan fingerprint density at radius 3 is 2.12 bits per heavy atom. The molecule has 2 rings (SSSR count). The Morgan fingerprint density at radius 1 is 0.905 bits per heavy atom. The van der Waals surface area contributed by atoms with Gasteiger partial charge in [0, 0.05) is 6.42 Å². The quantitative estimate of drug-likeness (QED) is 0.157. The number of amides is 3. The Morgan fingerprint density at radius 2 is 1.52 bits per heavy atom. The summed E-state index contributed by atoms with van der Waals surface area (Å²) < 4.78 is 10.6. The Labute approximate surface area is 247 Å². The van der Waals surface area contributed by atoms with E-state index in [-0.39, 0.29) is 44.9 Å². The van der Waals surface area contributed by atoms with E-state index in [0.29, 0.717) is 6.42 Å². The van der Waals surface area contributed by atoms with Crippen molar-refractivity contribution in [2.24, 2.45) is 5.92 Å². The summed E-state index contributed by atoms with van der Waals surface area (Å²) in [6.45, 7) is 8.68. The maximum absolute atomic E-state index is 12.9. The van der Waals surface area contributed by atoms with Crippen molar-refractivity contribution in [2.45, 2.75) is 57.4 Å². The van der Waals surface area contributed by atoms with Crippen molar-refractivity contribution < 1.29 is 33.8 Å². The number of esters is 1. The maximum atomic E-state index is 12.9. The lowest BCUT2D eigenvalue weighted by atomic mass is 9.99. The van der Waals surface area contributed by atoms with Gasteiger partial charge in [-0.15, -0.1) is 13.2 Å². The molecule has 0 aliphatic heterocycles. The number of ether oxygens (including phenoxy) is 2. The smallest absolute Gasteiger partial charge is 0.408 e. The molecule has 0 radical (unpaired) electrons. The van der Waals surface area contributed by atoms with Crippen LogP contribution in [0.15, 0.2) is 86.0 Å². The fourth-order valence-electron chi connectivity index (χ4n) is 4.05. The molecule has 2 aromatic rings. The summed E-state index contributed by atoms with van der Waals surface area (Å²) in [4.78, 5) is 50.5. The van der Waals surface area contributed by atoms with Crippen LogP contribution in [0.3, 0.4) is 0 Å². The van der Waals surface area contributed by atoms with Gasteiger partial charge >= 0.3 is 12.1 Å². The number of nitrogens with one attached hydrogen (secondary N) is 3. The fraction of sp³-hybridized carbons (Fsp3) is 0.375. The Kier molecular flexibility index (Phi) is 15.1. The number of carbonyl (C=O) groups is 4. The van der Waals surface area contributed by atoms with E-state index in [4.69, 9.17) is 9.47 Å². The summed E-state index contributed by atoms with van der Waals surface area (Å²) in [6.07, 6.45) is 2.25. The third-order valence-corrected chi connectivity index (χ3v) is 6.24. The van der Waals surface area contributed by atoms with Crippen molar-refractivity contribution in [1.29, 1.82) is 0 Å². The van der Waals surface area contributed by atoms with Gasteiger partial charge in [0.15, 0.2) is 0 Å². The van der Waals surface area contributed by atoms with Crippen LogP contribution in [-0.4, -0.2) is 60.3 Å². The number of aliphatic hydroxyl groups is 1. The molecule has 0 aliphatic rings. The fourth-order valence-corrected chi connectivity index (χ4v) is 4.05. The van der Waals surface area contributed by atoms with Gasteiger partial charge in [0.2, 0.25) is 11.8 Å². The first-order valence-corrected chi connectivity index (χ1v) is 13.9. The first-order valence-electron chi connectivity index (χ1n) is 13.9. The monoisotopic (exact) mass is 579 g/mol. The number of rotatable bonds is 18.